The standard InChI is InChI=1S/C11H15NO3/c1-3-15-11(13)8-12-9-4-6-10(14-2)7-5-9/h4-7,12H,3,8H2,1-2H3. The fourth-order valence-electron chi connectivity index (χ4n) is 1.10. The van der Waals surface area contributed by atoms with Crippen molar-refractivity contribution >= 4 is 11.7 Å². The Morgan fingerprint density at radius 3 is 2.53 bits per heavy atom. The number of carbonyl (C=O) groups is 1. The highest BCUT2D eigenvalue weighted by molar-refractivity contribution is 5.74. The van der Waals surface area contributed by atoms with Crippen molar-refractivity contribution in [1.29, 1.82) is 0 Å². The maximum atomic E-state index is 11.0. The first-order valence-electron chi connectivity index (χ1n) is 4.79. The largest absolute Gasteiger partial charge is 0.497 e. The van der Waals surface area contributed by atoms with Crippen LogP contribution in [0.25, 0.3) is 0 Å². The van der Waals surface area contributed by atoms with E-state index in [2.05, 4.69) is 5.32 Å². The summed E-state index contributed by atoms with van der Waals surface area (Å²) in [6.45, 7) is 2.37. The van der Waals surface area contributed by atoms with Crippen LogP contribution in [-0.2, 0) is 9.53 Å². The molecule has 0 aliphatic rings. The average Bonchev–Trinajstić information content (AvgIpc) is 2.27. The van der Waals surface area contributed by atoms with Crippen LogP contribution in [0.4, 0.5) is 5.69 Å². The summed E-state index contributed by atoms with van der Waals surface area (Å²) >= 11 is 0. The number of hydrogen-bond acceptors (Lipinski definition) is 4. The second-order valence-corrected chi connectivity index (χ2v) is 2.89. The molecule has 0 unspecified atom stereocenters. The normalized spacial score (nSPS) is 9.47. The van der Waals surface area contributed by atoms with Gasteiger partial charge in [0, 0.05) is 5.69 Å². The van der Waals surface area contributed by atoms with Crippen LogP contribution < -0.4 is 10.1 Å². The number of anilines is 1. The Kier molecular flexibility index (Phi) is 4.47. The molecule has 0 heterocycles. The number of carbonyl (C=O) groups excluding carboxylic acids is 1. The van der Waals surface area contributed by atoms with Crippen molar-refractivity contribution in [2.45, 2.75) is 6.92 Å². The predicted octanol–water partition coefficient (Wildman–Crippen LogP) is 1.67. The summed E-state index contributed by atoms with van der Waals surface area (Å²) in [5.74, 6) is 0.532. The Morgan fingerprint density at radius 1 is 1.33 bits per heavy atom. The SMILES string of the molecule is CCOC(=O)CNc1ccc(OC)cc1. The van der Waals surface area contributed by atoms with Gasteiger partial charge in [0.2, 0.25) is 0 Å². The Balaban J connectivity index is 2.40. The van der Waals surface area contributed by atoms with Gasteiger partial charge < -0.3 is 14.8 Å². The van der Waals surface area contributed by atoms with Gasteiger partial charge in [0.15, 0.2) is 0 Å². The zero-order valence-electron chi connectivity index (χ0n) is 8.95. The van der Waals surface area contributed by atoms with E-state index in [0.717, 1.165) is 11.4 Å². The lowest BCUT2D eigenvalue weighted by molar-refractivity contribution is -0.140. The third-order valence-corrected chi connectivity index (χ3v) is 1.83. The summed E-state index contributed by atoms with van der Waals surface area (Å²) < 4.78 is 9.80. The molecule has 0 spiro atoms. The molecule has 0 saturated carbocycles. The molecule has 4 heteroatoms. The summed E-state index contributed by atoms with van der Waals surface area (Å²) in [5, 5.41) is 2.95. The minimum Gasteiger partial charge on any atom is -0.497 e. The highest BCUT2D eigenvalue weighted by Gasteiger charge is 2.00. The number of rotatable bonds is 5. The number of methoxy groups -OCH3 is 1. The third kappa shape index (κ3) is 3.89. The fraction of sp³-hybridized carbons (Fsp3) is 0.364. The number of ether oxygens (including phenoxy) is 2. The molecule has 0 radical (unpaired) electrons. The van der Waals surface area contributed by atoms with Crippen LogP contribution >= 0.6 is 0 Å². The Hall–Kier alpha value is -1.71. The predicted molar refractivity (Wildman–Crippen MR) is 58.1 cm³/mol. The zero-order valence-corrected chi connectivity index (χ0v) is 8.95. The van der Waals surface area contributed by atoms with Gasteiger partial charge in [-0.1, -0.05) is 0 Å². The van der Waals surface area contributed by atoms with E-state index in [4.69, 9.17) is 9.47 Å². The lowest BCUT2D eigenvalue weighted by Gasteiger charge is -2.06. The van der Waals surface area contributed by atoms with Gasteiger partial charge in [0.1, 0.15) is 12.3 Å². The molecular weight excluding hydrogens is 194 g/mol. The molecule has 1 aromatic carbocycles. The van der Waals surface area contributed by atoms with Crippen molar-refractivity contribution < 1.29 is 14.3 Å². The molecule has 1 N–H and O–H groups in total. The number of esters is 1. The van der Waals surface area contributed by atoms with Gasteiger partial charge in [-0.3, -0.25) is 4.79 Å². The topological polar surface area (TPSA) is 47.6 Å². The van der Waals surface area contributed by atoms with E-state index >= 15 is 0 Å². The van der Waals surface area contributed by atoms with E-state index in [1.807, 2.05) is 24.3 Å². The van der Waals surface area contributed by atoms with Gasteiger partial charge in [-0.2, -0.15) is 0 Å². The molecule has 0 atom stereocenters. The molecule has 0 amide bonds. The van der Waals surface area contributed by atoms with E-state index in [9.17, 15) is 4.79 Å². The van der Waals surface area contributed by atoms with Gasteiger partial charge >= 0.3 is 5.97 Å². The van der Waals surface area contributed by atoms with E-state index in [1.165, 1.54) is 0 Å². The van der Waals surface area contributed by atoms with E-state index in [-0.39, 0.29) is 12.5 Å². The lowest BCUT2D eigenvalue weighted by atomic mass is 10.3. The van der Waals surface area contributed by atoms with Crippen LogP contribution in [0.5, 0.6) is 5.75 Å². The number of nitrogens with one attached hydrogen (secondary N) is 1. The molecular formula is C11H15NO3. The van der Waals surface area contributed by atoms with Crippen molar-refractivity contribution in [3.05, 3.63) is 24.3 Å². The van der Waals surface area contributed by atoms with E-state index in [1.54, 1.807) is 14.0 Å². The van der Waals surface area contributed by atoms with Gasteiger partial charge in [-0.15, -0.1) is 0 Å². The number of benzene rings is 1. The molecule has 15 heavy (non-hydrogen) atoms. The molecule has 0 saturated heterocycles. The minimum absolute atomic E-state index is 0.181. The molecule has 1 aromatic rings. The van der Waals surface area contributed by atoms with Crippen LogP contribution in [-0.4, -0.2) is 26.2 Å². The van der Waals surface area contributed by atoms with Crippen LogP contribution in [0.2, 0.25) is 0 Å². The van der Waals surface area contributed by atoms with Crippen LogP contribution in [0.3, 0.4) is 0 Å². The summed E-state index contributed by atoms with van der Waals surface area (Å²) in [4.78, 5) is 11.0. The van der Waals surface area contributed by atoms with Crippen LogP contribution in [0, 0.1) is 0 Å². The Morgan fingerprint density at radius 2 is 2.00 bits per heavy atom. The smallest absolute Gasteiger partial charge is 0.325 e. The summed E-state index contributed by atoms with van der Waals surface area (Å²) in [7, 11) is 1.61. The number of hydrogen-bond donors (Lipinski definition) is 1. The van der Waals surface area contributed by atoms with E-state index < -0.39 is 0 Å². The summed E-state index contributed by atoms with van der Waals surface area (Å²) in [6.07, 6.45) is 0. The van der Waals surface area contributed by atoms with Gasteiger partial charge in [-0.25, -0.2) is 0 Å². The first kappa shape index (κ1) is 11.4. The molecule has 0 aliphatic carbocycles. The highest BCUT2D eigenvalue weighted by atomic mass is 16.5. The second-order valence-electron chi connectivity index (χ2n) is 2.89. The van der Waals surface area contributed by atoms with Crippen molar-refractivity contribution in [3.63, 3.8) is 0 Å². The fourth-order valence-corrected chi connectivity index (χ4v) is 1.10. The second kappa shape index (κ2) is 5.90. The minimum atomic E-state index is -0.256. The Labute approximate surface area is 89.2 Å². The summed E-state index contributed by atoms with van der Waals surface area (Å²) in [6, 6.07) is 7.34. The first-order chi connectivity index (χ1) is 7.26. The molecule has 0 aliphatic heterocycles. The summed E-state index contributed by atoms with van der Waals surface area (Å²) in [5.41, 5.74) is 0.865. The maximum Gasteiger partial charge on any atom is 0.325 e. The van der Waals surface area contributed by atoms with Crippen molar-refractivity contribution in [1.82, 2.24) is 0 Å². The molecule has 1 rings (SSSR count). The quantitative estimate of drug-likeness (QED) is 0.749. The molecule has 0 fully saturated rings. The molecule has 0 aromatic heterocycles. The Bertz CT molecular complexity index is 308. The van der Waals surface area contributed by atoms with Crippen molar-refractivity contribution in [2.75, 3.05) is 25.6 Å². The molecule has 4 nitrogen and oxygen atoms in total. The molecule has 0 bridgehead atoms. The van der Waals surface area contributed by atoms with E-state index in [0.29, 0.717) is 6.61 Å². The van der Waals surface area contributed by atoms with Gasteiger partial charge in [0.05, 0.1) is 13.7 Å². The monoisotopic (exact) mass is 209 g/mol. The van der Waals surface area contributed by atoms with Crippen LogP contribution in [0.1, 0.15) is 6.92 Å². The first-order valence-corrected chi connectivity index (χ1v) is 4.79. The maximum absolute atomic E-state index is 11.0. The average molecular weight is 209 g/mol. The van der Waals surface area contributed by atoms with Crippen molar-refractivity contribution in [2.24, 2.45) is 0 Å². The molecule has 82 valence electrons. The zero-order chi connectivity index (χ0) is 11.1. The van der Waals surface area contributed by atoms with Gasteiger partial charge in [-0.05, 0) is 31.2 Å². The van der Waals surface area contributed by atoms with Gasteiger partial charge in [0.25, 0.3) is 0 Å². The van der Waals surface area contributed by atoms with Crippen molar-refractivity contribution in [3.8, 4) is 5.75 Å². The highest BCUT2D eigenvalue weighted by Crippen LogP contribution is 2.14. The third-order valence-electron chi connectivity index (χ3n) is 1.83. The lowest BCUT2D eigenvalue weighted by Crippen LogP contribution is -2.16. The van der Waals surface area contributed by atoms with Crippen LogP contribution in [0.15, 0.2) is 24.3 Å².